The van der Waals surface area contributed by atoms with Gasteiger partial charge in [-0.05, 0) is 26.0 Å². The van der Waals surface area contributed by atoms with Crippen molar-refractivity contribution in [3.63, 3.8) is 0 Å². The lowest BCUT2D eigenvalue weighted by Crippen LogP contribution is -2.35. The van der Waals surface area contributed by atoms with Gasteiger partial charge in [0.25, 0.3) is 0 Å². The second-order valence-electron chi connectivity index (χ2n) is 4.85. The summed E-state index contributed by atoms with van der Waals surface area (Å²) in [7, 11) is 0. The lowest BCUT2D eigenvalue weighted by atomic mass is 10.3. The van der Waals surface area contributed by atoms with Crippen LogP contribution in [0.5, 0.6) is 0 Å². The molecule has 2 aromatic rings. The molecule has 1 aromatic carbocycles. The van der Waals surface area contributed by atoms with Crippen molar-refractivity contribution in [3.05, 3.63) is 42.2 Å². The van der Waals surface area contributed by atoms with E-state index >= 15 is 0 Å². The van der Waals surface area contributed by atoms with E-state index in [2.05, 4.69) is 10.2 Å². The number of benzene rings is 1. The Bertz CT molecular complexity index is 566. The van der Waals surface area contributed by atoms with E-state index < -0.39 is 5.97 Å². The fourth-order valence-corrected chi connectivity index (χ4v) is 1.86. The Hall–Kier alpha value is -2.21. The van der Waals surface area contributed by atoms with E-state index in [1.54, 1.807) is 11.0 Å². The number of aromatic nitrogens is 3. The highest BCUT2D eigenvalue weighted by molar-refractivity contribution is 5.69. The molecule has 6 heteroatoms. The molecule has 0 aliphatic heterocycles. The van der Waals surface area contributed by atoms with E-state index in [1.807, 2.05) is 49.1 Å². The predicted octanol–water partition coefficient (Wildman–Crippen LogP) is 1.56. The molecule has 0 unspecified atom stereocenters. The number of aliphatic carboxylic acids is 1. The summed E-state index contributed by atoms with van der Waals surface area (Å²) in [4.78, 5) is 14.2. The first-order chi connectivity index (χ1) is 9.56. The van der Waals surface area contributed by atoms with Gasteiger partial charge in [0.15, 0.2) is 0 Å². The fourth-order valence-electron chi connectivity index (χ4n) is 1.86. The monoisotopic (exact) mass is 274 g/mol. The molecule has 0 saturated heterocycles. The summed E-state index contributed by atoms with van der Waals surface area (Å²) in [6.07, 6.45) is 1.67. The first-order valence-corrected chi connectivity index (χ1v) is 6.48. The summed E-state index contributed by atoms with van der Waals surface area (Å²) >= 11 is 0. The van der Waals surface area contributed by atoms with Crippen LogP contribution in [-0.2, 0) is 11.3 Å². The molecule has 0 spiro atoms. The first-order valence-electron chi connectivity index (χ1n) is 6.48. The van der Waals surface area contributed by atoms with E-state index in [1.165, 1.54) is 0 Å². The molecule has 20 heavy (non-hydrogen) atoms. The maximum absolute atomic E-state index is 10.8. The molecular weight excluding hydrogens is 256 g/mol. The van der Waals surface area contributed by atoms with Crippen molar-refractivity contribution < 1.29 is 9.90 Å². The second-order valence-corrected chi connectivity index (χ2v) is 4.85. The Balaban J connectivity index is 2.10. The third-order valence-corrected chi connectivity index (χ3v) is 2.96. The minimum atomic E-state index is -0.839. The number of rotatable bonds is 6. The van der Waals surface area contributed by atoms with E-state index in [0.29, 0.717) is 6.54 Å². The molecule has 0 radical (unpaired) electrons. The molecule has 0 fully saturated rings. The molecule has 6 nitrogen and oxygen atoms in total. The van der Waals surface area contributed by atoms with Gasteiger partial charge in [0.2, 0.25) is 0 Å². The lowest BCUT2D eigenvalue weighted by molar-refractivity contribution is -0.139. The molecule has 1 heterocycles. The zero-order valence-electron chi connectivity index (χ0n) is 11.6. The van der Waals surface area contributed by atoms with Crippen molar-refractivity contribution in [2.24, 2.45) is 0 Å². The third kappa shape index (κ3) is 3.64. The van der Waals surface area contributed by atoms with Crippen LogP contribution in [0.3, 0.4) is 0 Å². The third-order valence-electron chi connectivity index (χ3n) is 2.96. The zero-order valence-corrected chi connectivity index (χ0v) is 11.6. The number of nitrogens with zero attached hydrogens (tertiary/aromatic N) is 4. The number of para-hydroxylation sites is 1. The number of carboxylic acid groups (broad SMARTS) is 1. The SMILES string of the molecule is CC(C)N(CC(=O)O)Cc1cnn(-c2ccccc2)n1. The molecule has 0 amide bonds. The highest BCUT2D eigenvalue weighted by Crippen LogP contribution is 2.08. The Morgan fingerprint density at radius 1 is 1.35 bits per heavy atom. The molecule has 2 rings (SSSR count). The number of hydrogen-bond donors (Lipinski definition) is 1. The summed E-state index contributed by atoms with van der Waals surface area (Å²) in [6, 6.07) is 9.74. The number of hydrogen-bond acceptors (Lipinski definition) is 4. The standard InChI is InChI=1S/C14H18N4O2/c1-11(2)17(10-14(19)20)9-12-8-15-18(16-12)13-6-4-3-5-7-13/h3-8,11H,9-10H2,1-2H3,(H,19,20). The van der Waals surface area contributed by atoms with Gasteiger partial charge in [-0.15, -0.1) is 0 Å². The quantitative estimate of drug-likeness (QED) is 0.865. The van der Waals surface area contributed by atoms with Gasteiger partial charge >= 0.3 is 5.97 Å². The zero-order chi connectivity index (χ0) is 14.5. The molecule has 0 saturated carbocycles. The van der Waals surface area contributed by atoms with E-state index in [0.717, 1.165) is 11.4 Å². The van der Waals surface area contributed by atoms with Crippen LogP contribution in [0.4, 0.5) is 0 Å². The van der Waals surface area contributed by atoms with Crippen LogP contribution in [0, 0.1) is 0 Å². The van der Waals surface area contributed by atoms with Crippen molar-refractivity contribution in [2.45, 2.75) is 26.4 Å². The smallest absolute Gasteiger partial charge is 0.317 e. The molecule has 0 atom stereocenters. The van der Waals surface area contributed by atoms with Gasteiger partial charge < -0.3 is 5.11 Å². The maximum atomic E-state index is 10.8. The lowest BCUT2D eigenvalue weighted by Gasteiger charge is -2.22. The Kier molecular flexibility index (Phi) is 4.47. The molecule has 106 valence electrons. The Labute approximate surface area is 117 Å². The molecule has 1 N–H and O–H groups in total. The summed E-state index contributed by atoms with van der Waals surface area (Å²) in [5.74, 6) is -0.839. The van der Waals surface area contributed by atoms with Crippen molar-refractivity contribution >= 4 is 5.97 Å². The van der Waals surface area contributed by atoms with Crippen LogP contribution >= 0.6 is 0 Å². The van der Waals surface area contributed by atoms with Crippen LogP contribution in [-0.4, -0.2) is 43.6 Å². The topological polar surface area (TPSA) is 71.2 Å². The average Bonchev–Trinajstić information content (AvgIpc) is 2.87. The average molecular weight is 274 g/mol. The van der Waals surface area contributed by atoms with Gasteiger partial charge in [0, 0.05) is 12.6 Å². The maximum Gasteiger partial charge on any atom is 0.317 e. The second kappa shape index (κ2) is 6.29. The van der Waals surface area contributed by atoms with Crippen molar-refractivity contribution in [2.75, 3.05) is 6.54 Å². The Morgan fingerprint density at radius 3 is 2.65 bits per heavy atom. The first kappa shape index (κ1) is 14.2. The van der Waals surface area contributed by atoms with Crippen LogP contribution in [0.25, 0.3) is 5.69 Å². The van der Waals surface area contributed by atoms with E-state index in [9.17, 15) is 4.79 Å². The van der Waals surface area contributed by atoms with Gasteiger partial charge in [-0.3, -0.25) is 9.69 Å². The van der Waals surface area contributed by atoms with Crippen LogP contribution < -0.4 is 0 Å². The molecule has 0 aliphatic rings. The van der Waals surface area contributed by atoms with Gasteiger partial charge in [-0.25, -0.2) is 0 Å². The van der Waals surface area contributed by atoms with Gasteiger partial charge in [-0.2, -0.15) is 15.0 Å². The minimum Gasteiger partial charge on any atom is -0.480 e. The summed E-state index contributed by atoms with van der Waals surface area (Å²) in [5, 5.41) is 17.5. The van der Waals surface area contributed by atoms with Gasteiger partial charge in [0.05, 0.1) is 24.1 Å². The normalized spacial score (nSPS) is 11.2. The van der Waals surface area contributed by atoms with Gasteiger partial charge in [0.1, 0.15) is 0 Å². The van der Waals surface area contributed by atoms with E-state index in [4.69, 9.17) is 5.11 Å². The number of carboxylic acids is 1. The molecule has 0 aliphatic carbocycles. The molecule has 1 aromatic heterocycles. The Morgan fingerprint density at radius 2 is 2.05 bits per heavy atom. The summed E-state index contributed by atoms with van der Waals surface area (Å²) < 4.78 is 0. The van der Waals surface area contributed by atoms with Crippen molar-refractivity contribution in [3.8, 4) is 5.69 Å². The van der Waals surface area contributed by atoms with Crippen molar-refractivity contribution in [1.29, 1.82) is 0 Å². The highest BCUT2D eigenvalue weighted by Gasteiger charge is 2.15. The largest absolute Gasteiger partial charge is 0.480 e. The predicted molar refractivity (Wildman–Crippen MR) is 74.5 cm³/mol. The minimum absolute atomic E-state index is 0.00410. The highest BCUT2D eigenvalue weighted by atomic mass is 16.4. The van der Waals surface area contributed by atoms with Crippen LogP contribution in [0.2, 0.25) is 0 Å². The summed E-state index contributed by atoms with van der Waals surface area (Å²) in [6.45, 7) is 4.39. The summed E-state index contributed by atoms with van der Waals surface area (Å²) in [5.41, 5.74) is 1.64. The fraction of sp³-hybridized carbons (Fsp3) is 0.357. The van der Waals surface area contributed by atoms with Crippen molar-refractivity contribution in [1.82, 2.24) is 19.9 Å². The molecule has 0 bridgehead atoms. The van der Waals surface area contributed by atoms with E-state index in [-0.39, 0.29) is 12.6 Å². The van der Waals surface area contributed by atoms with Crippen LogP contribution in [0.1, 0.15) is 19.5 Å². The van der Waals surface area contributed by atoms with Gasteiger partial charge in [-0.1, -0.05) is 18.2 Å². The van der Waals surface area contributed by atoms with Crippen LogP contribution in [0.15, 0.2) is 36.5 Å². The number of carbonyl (C=O) groups is 1. The molecular formula is C14H18N4O2.